The molecule has 1 aromatic heterocycles. The van der Waals surface area contributed by atoms with Crippen LogP contribution in [0.4, 0.5) is 0 Å². The Morgan fingerprint density at radius 2 is 1.74 bits per heavy atom. The van der Waals surface area contributed by atoms with Crippen LogP contribution in [0.3, 0.4) is 0 Å². The fourth-order valence-corrected chi connectivity index (χ4v) is 6.12. The average Bonchev–Trinajstić information content (AvgIpc) is 3.57. The van der Waals surface area contributed by atoms with Crippen molar-refractivity contribution in [3.8, 4) is 0 Å². The van der Waals surface area contributed by atoms with Gasteiger partial charge >= 0.3 is 0 Å². The van der Waals surface area contributed by atoms with Crippen molar-refractivity contribution in [3.05, 3.63) is 93.7 Å². The highest BCUT2D eigenvalue weighted by atomic mass is 32.1. The number of hydrogen-bond donors (Lipinski definition) is 1. The SMILES string of the molecule is Cc1ccccc1C(=O)N1[C@@H](C(=O)N[C@H](C)c2ccccc2)COC12CCN(C(=O)Cc1cccs1)CC2. The monoisotopic (exact) mass is 531 g/mol. The summed E-state index contributed by atoms with van der Waals surface area (Å²) in [4.78, 5) is 45.1. The minimum Gasteiger partial charge on any atom is -0.353 e. The quantitative estimate of drug-likeness (QED) is 0.514. The molecule has 8 heteroatoms. The van der Waals surface area contributed by atoms with Crippen molar-refractivity contribution in [2.24, 2.45) is 0 Å². The van der Waals surface area contributed by atoms with Gasteiger partial charge in [-0.3, -0.25) is 19.3 Å². The first-order valence-electron chi connectivity index (χ1n) is 13.1. The van der Waals surface area contributed by atoms with Gasteiger partial charge in [-0.25, -0.2) is 0 Å². The Hall–Kier alpha value is -3.49. The number of hydrogen-bond acceptors (Lipinski definition) is 5. The molecule has 7 nitrogen and oxygen atoms in total. The van der Waals surface area contributed by atoms with Gasteiger partial charge in [-0.1, -0.05) is 54.6 Å². The van der Waals surface area contributed by atoms with Gasteiger partial charge in [-0.05, 0) is 42.5 Å². The number of carbonyl (C=O) groups is 3. The minimum absolute atomic E-state index is 0.0723. The number of benzene rings is 2. The summed E-state index contributed by atoms with van der Waals surface area (Å²) in [6.07, 6.45) is 1.29. The number of amides is 3. The zero-order chi connectivity index (χ0) is 26.7. The predicted molar refractivity (Wildman–Crippen MR) is 147 cm³/mol. The first-order valence-corrected chi connectivity index (χ1v) is 13.9. The smallest absolute Gasteiger partial charge is 0.257 e. The molecule has 3 heterocycles. The second kappa shape index (κ2) is 11.1. The van der Waals surface area contributed by atoms with E-state index in [4.69, 9.17) is 4.74 Å². The van der Waals surface area contributed by atoms with E-state index in [0.717, 1.165) is 16.0 Å². The van der Waals surface area contributed by atoms with E-state index in [1.165, 1.54) is 0 Å². The Labute approximate surface area is 227 Å². The molecule has 1 spiro atoms. The van der Waals surface area contributed by atoms with Crippen molar-refractivity contribution >= 4 is 29.1 Å². The largest absolute Gasteiger partial charge is 0.353 e. The Morgan fingerprint density at radius 1 is 1.03 bits per heavy atom. The second-order valence-corrected chi connectivity index (χ2v) is 11.1. The van der Waals surface area contributed by atoms with E-state index in [9.17, 15) is 14.4 Å². The summed E-state index contributed by atoms with van der Waals surface area (Å²) in [7, 11) is 0. The fourth-order valence-electron chi connectivity index (χ4n) is 5.42. The van der Waals surface area contributed by atoms with E-state index in [2.05, 4.69) is 5.32 Å². The van der Waals surface area contributed by atoms with E-state index >= 15 is 0 Å². The Balaban J connectivity index is 1.37. The molecule has 0 unspecified atom stereocenters. The third kappa shape index (κ3) is 5.24. The Morgan fingerprint density at radius 3 is 2.42 bits per heavy atom. The number of piperidine rings is 1. The number of likely N-dealkylation sites (tertiary alicyclic amines) is 1. The van der Waals surface area contributed by atoms with Crippen LogP contribution in [0.15, 0.2) is 72.1 Å². The lowest BCUT2D eigenvalue weighted by molar-refractivity contribution is -0.143. The molecule has 2 saturated heterocycles. The molecule has 2 atom stereocenters. The molecule has 198 valence electrons. The average molecular weight is 532 g/mol. The third-order valence-corrected chi connectivity index (χ3v) is 8.50. The maximum absolute atomic E-state index is 14.0. The number of thiophene rings is 1. The van der Waals surface area contributed by atoms with Gasteiger partial charge in [0.2, 0.25) is 11.8 Å². The fraction of sp³-hybridized carbons (Fsp3) is 0.367. The van der Waals surface area contributed by atoms with Crippen LogP contribution in [0.1, 0.15) is 52.2 Å². The molecule has 0 aliphatic carbocycles. The van der Waals surface area contributed by atoms with Gasteiger partial charge in [0.1, 0.15) is 11.8 Å². The summed E-state index contributed by atoms with van der Waals surface area (Å²) in [5, 5.41) is 5.06. The first-order chi connectivity index (χ1) is 18.4. The van der Waals surface area contributed by atoms with Crippen LogP contribution in [0.25, 0.3) is 0 Å². The maximum atomic E-state index is 14.0. The molecule has 2 aliphatic rings. The molecule has 2 aromatic carbocycles. The van der Waals surface area contributed by atoms with E-state index in [1.807, 2.05) is 84.8 Å². The molecule has 0 radical (unpaired) electrons. The number of ether oxygens (including phenoxy) is 1. The maximum Gasteiger partial charge on any atom is 0.257 e. The van der Waals surface area contributed by atoms with E-state index in [0.29, 0.717) is 37.9 Å². The number of rotatable bonds is 6. The molecule has 3 aromatic rings. The van der Waals surface area contributed by atoms with E-state index in [-0.39, 0.29) is 30.4 Å². The lowest BCUT2D eigenvalue weighted by Crippen LogP contribution is -2.60. The van der Waals surface area contributed by atoms with Gasteiger partial charge in [-0.2, -0.15) is 0 Å². The third-order valence-electron chi connectivity index (χ3n) is 7.62. The number of aryl methyl sites for hydroxylation is 1. The summed E-state index contributed by atoms with van der Waals surface area (Å²) in [6.45, 7) is 4.89. The highest BCUT2D eigenvalue weighted by Gasteiger charge is 2.54. The van der Waals surface area contributed by atoms with Crippen LogP contribution in [0.5, 0.6) is 0 Å². The van der Waals surface area contributed by atoms with Crippen LogP contribution >= 0.6 is 11.3 Å². The molecule has 38 heavy (non-hydrogen) atoms. The summed E-state index contributed by atoms with van der Waals surface area (Å²) < 4.78 is 6.34. The van der Waals surface area contributed by atoms with Gasteiger partial charge < -0.3 is 15.0 Å². The second-order valence-electron chi connectivity index (χ2n) is 10.0. The standard InChI is InChI=1S/C30H33N3O4S/c1-21-9-6-7-13-25(21)29(36)33-26(28(35)31-22(2)23-10-4-3-5-11-23)20-37-30(33)14-16-32(17-15-30)27(34)19-24-12-8-18-38-24/h3-13,18,22,26H,14-17,19-20H2,1-2H3,(H,31,35)/t22-,26-/m1/s1. The van der Waals surface area contributed by atoms with Gasteiger partial charge in [0.25, 0.3) is 5.91 Å². The minimum atomic E-state index is -0.933. The summed E-state index contributed by atoms with van der Waals surface area (Å²) in [5.74, 6) is -0.383. The summed E-state index contributed by atoms with van der Waals surface area (Å²) >= 11 is 1.57. The van der Waals surface area contributed by atoms with Crippen molar-refractivity contribution in [3.63, 3.8) is 0 Å². The van der Waals surface area contributed by atoms with Gasteiger partial charge in [0, 0.05) is 36.4 Å². The summed E-state index contributed by atoms with van der Waals surface area (Å²) in [6, 6.07) is 20.1. The molecule has 1 N–H and O–H groups in total. The molecule has 2 aliphatic heterocycles. The molecule has 5 rings (SSSR count). The molecular formula is C30H33N3O4S. The van der Waals surface area contributed by atoms with Crippen LogP contribution in [0.2, 0.25) is 0 Å². The first kappa shape index (κ1) is 26.1. The van der Waals surface area contributed by atoms with Gasteiger partial charge in [-0.15, -0.1) is 11.3 Å². The number of nitrogens with one attached hydrogen (secondary N) is 1. The Kier molecular flexibility index (Phi) is 7.63. The topological polar surface area (TPSA) is 79.0 Å². The summed E-state index contributed by atoms with van der Waals surface area (Å²) in [5.41, 5.74) is 1.46. The Bertz CT molecular complexity index is 1290. The molecule has 0 saturated carbocycles. The van der Waals surface area contributed by atoms with Crippen LogP contribution in [0, 0.1) is 6.92 Å². The molecule has 0 bridgehead atoms. The zero-order valence-electron chi connectivity index (χ0n) is 21.8. The lowest BCUT2D eigenvalue weighted by atomic mass is 9.95. The van der Waals surface area contributed by atoms with Crippen molar-refractivity contribution in [2.75, 3.05) is 19.7 Å². The van der Waals surface area contributed by atoms with E-state index in [1.54, 1.807) is 22.3 Å². The lowest BCUT2D eigenvalue weighted by Gasteiger charge is -2.44. The van der Waals surface area contributed by atoms with Crippen LogP contribution < -0.4 is 5.32 Å². The predicted octanol–water partition coefficient (Wildman–Crippen LogP) is 4.34. The van der Waals surface area contributed by atoms with Crippen molar-refractivity contribution in [1.29, 1.82) is 0 Å². The van der Waals surface area contributed by atoms with Gasteiger partial charge in [0.15, 0.2) is 0 Å². The number of carbonyl (C=O) groups excluding carboxylic acids is 3. The van der Waals surface area contributed by atoms with E-state index < -0.39 is 11.8 Å². The van der Waals surface area contributed by atoms with Crippen LogP contribution in [-0.2, 0) is 20.7 Å². The van der Waals surface area contributed by atoms with Crippen molar-refractivity contribution < 1.29 is 19.1 Å². The normalized spacial score (nSPS) is 19.4. The molecular weight excluding hydrogens is 498 g/mol. The van der Waals surface area contributed by atoms with Crippen molar-refractivity contribution in [1.82, 2.24) is 15.1 Å². The highest BCUT2D eigenvalue weighted by Crippen LogP contribution is 2.39. The number of nitrogens with zero attached hydrogens (tertiary/aromatic N) is 2. The van der Waals surface area contributed by atoms with Crippen molar-refractivity contribution in [2.45, 2.75) is 50.9 Å². The highest BCUT2D eigenvalue weighted by molar-refractivity contribution is 7.10. The van der Waals surface area contributed by atoms with Gasteiger partial charge in [0.05, 0.1) is 19.1 Å². The molecule has 2 fully saturated rings. The van der Waals surface area contributed by atoms with Crippen LogP contribution in [-0.4, -0.2) is 59.0 Å². The molecule has 3 amide bonds. The zero-order valence-corrected chi connectivity index (χ0v) is 22.6.